The zero-order valence-electron chi connectivity index (χ0n) is 14.8. The Morgan fingerprint density at radius 3 is 2.50 bits per heavy atom. The molecule has 0 fully saturated rings. The second-order valence-corrected chi connectivity index (χ2v) is 6.79. The van der Waals surface area contributed by atoms with Crippen molar-refractivity contribution in [2.24, 2.45) is 0 Å². The van der Waals surface area contributed by atoms with Gasteiger partial charge in [-0.15, -0.1) is 0 Å². The van der Waals surface area contributed by atoms with Crippen LogP contribution in [0.3, 0.4) is 0 Å². The number of rotatable bonds is 5. The van der Waals surface area contributed by atoms with Gasteiger partial charge in [0.1, 0.15) is 5.75 Å². The van der Waals surface area contributed by atoms with E-state index in [1.54, 1.807) is 36.4 Å². The largest absolute Gasteiger partial charge is 0.485 e. The molecule has 5 heteroatoms. The molecule has 0 aromatic heterocycles. The molecule has 0 saturated carbocycles. The maximum absolute atomic E-state index is 12.2. The summed E-state index contributed by atoms with van der Waals surface area (Å²) in [5, 5.41) is 3.39. The smallest absolute Gasteiger partial charge is 0.256 e. The first-order valence-electron chi connectivity index (χ1n) is 8.74. The van der Waals surface area contributed by atoms with E-state index in [1.807, 2.05) is 42.5 Å². The lowest BCUT2D eigenvalue weighted by molar-refractivity contribution is -0.110. The van der Waals surface area contributed by atoms with Gasteiger partial charge in [0.25, 0.3) is 5.91 Å². The number of amides is 1. The Bertz CT molecular complexity index is 1070. The van der Waals surface area contributed by atoms with E-state index in [0.29, 0.717) is 27.6 Å². The highest BCUT2D eigenvalue weighted by atomic mass is 35.5. The Morgan fingerprint density at radius 2 is 1.75 bits per heavy atom. The normalized spacial score (nSPS) is 13.9. The zero-order chi connectivity index (χ0) is 19.5. The van der Waals surface area contributed by atoms with Gasteiger partial charge in [0, 0.05) is 21.7 Å². The molecule has 0 unspecified atom stereocenters. The highest BCUT2D eigenvalue weighted by Crippen LogP contribution is 2.35. The van der Waals surface area contributed by atoms with Crippen molar-refractivity contribution in [3.8, 4) is 5.75 Å². The van der Waals surface area contributed by atoms with E-state index in [1.165, 1.54) is 0 Å². The predicted octanol–water partition coefficient (Wildman–Crippen LogP) is 5.09. The summed E-state index contributed by atoms with van der Waals surface area (Å²) in [5.74, 6) is 0.352. The number of halogens is 1. The molecule has 0 radical (unpaired) electrons. The molecule has 4 rings (SSSR count). The van der Waals surface area contributed by atoms with E-state index in [-0.39, 0.29) is 18.3 Å². The third-order valence-corrected chi connectivity index (χ3v) is 4.66. The van der Waals surface area contributed by atoms with Gasteiger partial charge in [0.2, 0.25) is 0 Å². The minimum atomic E-state index is -0.161. The number of nitrogens with one attached hydrogen (secondary N) is 1. The Kier molecular flexibility index (Phi) is 4.96. The molecule has 3 aromatic rings. The topological polar surface area (TPSA) is 55.4 Å². The van der Waals surface area contributed by atoms with Crippen molar-refractivity contribution < 1.29 is 14.3 Å². The van der Waals surface area contributed by atoms with E-state index in [4.69, 9.17) is 16.3 Å². The molecular weight excluding hydrogens is 374 g/mol. The first kappa shape index (κ1) is 18.0. The van der Waals surface area contributed by atoms with Crippen LogP contribution in [0, 0.1) is 0 Å². The number of ketones is 1. The molecule has 0 atom stereocenters. The molecule has 3 aromatic carbocycles. The fourth-order valence-corrected chi connectivity index (χ4v) is 3.17. The Labute approximate surface area is 167 Å². The number of ether oxygens (including phenoxy) is 1. The average Bonchev–Trinajstić information content (AvgIpc) is 3.02. The number of benzene rings is 3. The van der Waals surface area contributed by atoms with Gasteiger partial charge in [0.15, 0.2) is 12.4 Å². The third-order valence-electron chi connectivity index (χ3n) is 4.42. The molecule has 1 heterocycles. The number of carbonyl (C=O) groups is 2. The van der Waals surface area contributed by atoms with E-state index < -0.39 is 0 Å². The molecule has 4 nitrogen and oxygen atoms in total. The fourth-order valence-electron chi connectivity index (χ4n) is 2.99. The number of carbonyl (C=O) groups excluding carboxylic acids is 2. The molecule has 0 spiro atoms. The van der Waals surface area contributed by atoms with Crippen LogP contribution < -0.4 is 10.1 Å². The highest BCUT2D eigenvalue weighted by molar-refractivity contribution is 6.36. The van der Waals surface area contributed by atoms with Gasteiger partial charge < -0.3 is 10.1 Å². The lowest BCUT2D eigenvalue weighted by Crippen LogP contribution is -2.11. The number of fused-ring (bicyclic) bond motifs is 1. The average molecular weight is 390 g/mol. The van der Waals surface area contributed by atoms with Crippen LogP contribution in [-0.4, -0.2) is 18.3 Å². The van der Waals surface area contributed by atoms with Gasteiger partial charge >= 0.3 is 0 Å². The van der Waals surface area contributed by atoms with Crippen molar-refractivity contribution in [2.75, 3.05) is 11.9 Å². The van der Waals surface area contributed by atoms with Gasteiger partial charge in [-0.1, -0.05) is 60.1 Å². The van der Waals surface area contributed by atoms with Crippen molar-refractivity contribution in [2.45, 2.75) is 0 Å². The Morgan fingerprint density at radius 1 is 1.00 bits per heavy atom. The van der Waals surface area contributed by atoms with E-state index in [0.717, 1.165) is 11.1 Å². The molecule has 1 aliphatic rings. The molecule has 1 N–H and O–H groups in total. The second-order valence-electron chi connectivity index (χ2n) is 6.35. The summed E-state index contributed by atoms with van der Waals surface area (Å²) in [6.45, 7) is -0.0268. The van der Waals surface area contributed by atoms with Gasteiger partial charge in [-0.05, 0) is 35.9 Å². The van der Waals surface area contributed by atoms with Crippen LogP contribution in [0.15, 0.2) is 72.8 Å². The van der Waals surface area contributed by atoms with Crippen LogP contribution in [0.4, 0.5) is 5.69 Å². The minimum Gasteiger partial charge on any atom is -0.485 e. The first-order valence-corrected chi connectivity index (χ1v) is 9.12. The van der Waals surface area contributed by atoms with Crippen LogP contribution in [-0.2, 0) is 4.79 Å². The molecule has 1 aliphatic heterocycles. The number of hydrogen-bond donors (Lipinski definition) is 1. The van der Waals surface area contributed by atoms with Crippen molar-refractivity contribution in [1.29, 1.82) is 0 Å². The van der Waals surface area contributed by atoms with Crippen LogP contribution >= 0.6 is 11.6 Å². The number of anilines is 1. The number of Topliss-reactive ketones (excluding diaryl/α,β-unsaturated/α-hetero) is 1. The molecule has 0 bridgehead atoms. The molecule has 138 valence electrons. The van der Waals surface area contributed by atoms with Gasteiger partial charge in [0.05, 0.1) is 5.69 Å². The summed E-state index contributed by atoms with van der Waals surface area (Å²) in [6.07, 6.45) is 1.81. The second kappa shape index (κ2) is 7.71. The van der Waals surface area contributed by atoms with Crippen LogP contribution in [0.1, 0.15) is 21.5 Å². The molecule has 0 aliphatic carbocycles. The quantitative estimate of drug-likeness (QED) is 0.488. The fraction of sp³-hybridized carbons (Fsp3) is 0.0435. The summed E-state index contributed by atoms with van der Waals surface area (Å²) in [6, 6.07) is 21.6. The van der Waals surface area contributed by atoms with Crippen LogP contribution in [0.5, 0.6) is 5.75 Å². The standard InChI is InChI=1S/C23H16ClNO3/c24-17-8-11-19-20(23(27)25-21(19)13-17)12-15-6-9-18(10-7-15)28-14-22(26)16-4-2-1-3-5-16/h1-13H,14H2,(H,25,27). The van der Waals surface area contributed by atoms with Crippen molar-refractivity contribution in [3.63, 3.8) is 0 Å². The summed E-state index contributed by atoms with van der Waals surface area (Å²) < 4.78 is 5.57. The monoisotopic (exact) mass is 389 g/mol. The molecular formula is C23H16ClNO3. The van der Waals surface area contributed by atoms with Crippen LogP contribution in [0.25, 0.3) is 11.6 Å². The van der Waals surface area contributed by atoms with Crippen molar-refractivity contribution in [1.82, 2.24) is 0 Å². The highest BCUT2D eigenvalue weighted by Gasteiger charge is 2.24. The molecule has 28 heavy (non-hydrogen) atoms. The van der Waals surface area contributed by atoms with Gasteiger partial charge in [-0.25, -0.2) is 0 Å². The molecule has 0 saturated heterocycles. The van der Waals surface area contributed by atoms with Crippen LogP contribution in [0.2, 0.25) is 5.02 Å². The minimum absolute atomic E-state index is 0.0268. The SMILES string of the molecule is O=C1Nc2cc(Cl)ccc2C1=Cc1ccc(OCC(=O)c2ccccc2)cc1. The number of hydrogen-bond acceptors (Lipinski definition) is 3. The van der Waals surface area contributed by atoms with Gasteiger partial charge in [-0.3, -0.25) is 9.59 Å². The summed E-state index contributed by atoms with van der Waals surface area (Å²) in [4.78, 5) is 24.3. The Balaban J connectivity index is 1.46. The zero-order valence-corrected chi connectivity index (χ0v) is 15.6. The summed E-state index contributed by atoms with van der Waals surface area (Å²) in [7, 11) is 0. The molecule has 1 amide bonds. The van der Waals surface area contributed by atoms with Gasteiger partial charge in [-0.2, -0.15) is 0 Å². The van der Waals surface area contributed by atoms with Crippen molar-refractivity contribution in [3.05, 3.63) is 94.5 Å². The predicted molar refractivity (Wildman–Crippen MR) is 111 cm³/mol. The van der Waals surface area contributed by atoms with E-state index in [9.17, 15) is 9.59 Å². The summed E-state index contributed by atoms with van der Waals surface area (Å²) >= 11 is 5.98. The Hall–Kier alpha value is -3.37. The lowest BCUT2D eigenvalue weighted by Gasteiger charge is -2.06. The maximum atomic E-state index is 12.2. The maximum Gasteiger partial charge on any atom is 0.256 e. The summed E-state index contributed by atoms with van der Waals surface area (Å²) in [5.41, 5.74) is 3.59. The van der Waals surface area contributed by atoms with E-state index >= 15 is 0 Å². The third kappa shape index (κ3) is 3.82. The first-order chi connectivity index (χ1) is 13.6. The van der Waals surface area contributed by atoms with Crippen molar-refractivity contribution >= 4 is 40.6 Å². The van der Waals surface area contributed by atoms with E-state index in [2.05, 4.69) is 5.32 Å². The lowest BCUT2D eigenvalue weighted by atomic mass is 10.0.